The van der Waals surface area contributed by atoms with E-state index in [1.54, 1.807) is 0 Å². The first-order valence-corrected chi connectivity index (χ1v) is 10.5. The Morgan fingerprint density at radius 1 is 1.07 bits per heavy atom. The predicted molar refractivity (Wildman–Crippen MR) is 122 cm³/mol. The number of halogens is 3. The Bertz CT molecular complexity index is 896. The third-order valence-corrected chi connectivity index (χ3v) is 5.09. The van der Waals surface area contributed by atoms with E-state index in [4.69, 9.17) is 0 Å². The number of hydrogen-bond donors (Lipinski definition) is 3. The Balaban J connectivity index is 0.00000420. The van der Waals surface area contributed by atoms with Crippen molar-refractivity contribution in [2.24, 2.45) is 4.99 Å². The minimum Gasteiger partial charge on any atom is -0.357 e. The minimum atomic E-state index is -3.47. The maximum Gasteiger partial charge on any atom is 0.213 e. The van der Waals surface area contributed by atoms with Crippen LogP contribution in [0.2, 0.25) is 0 Å². The fourth-order valence-electron chi connectivity index (χ4n) is 2.34. The summed E-state index contributed by atoms with van der Waals surface area (Å²) in [6.07, 6.45) is 0. The van der Waals surface area contributed by atoms with Gasteiger partial charge in [0.15, 0.2) is 5.96 Å². The highest BCUT2D eigenvalue weighted by Crippen LogP contribution is 2.10. The summed E-state index contributed by atoms with van der Waals surface area (Å²) in [7, 11) is -3.47. The molecule has 0 heterocycles. The van der Waals surface area contributed by atoms with Crippen molar-refractivity contribution in [2.75, 3.05) is 18.8 Å². The van der Waals surface area contributed by atoms with Crippen molar-refractivity contribution in [3.63, 3.8) is 0 Å². The molecule has 2 aromatic carbocycles. The first kappa shape index (κ1) is 25.2. The van der Waals surface area contributed by atoms with E-state index in [1.807, 2.05) is 37.3 Å². The Kier molecular flexibility index (Phi) is 11.1. The van der Waals surface area contributed by atoms with Crippen LogP contribution >= 0.6 is 24.0 Å². The van der Waals surface area contributed by atoms with Crippen LogP contribution in [0, 0.1) is 11.6 Å². The van der Waals surface area contributed by atoms with Crippen molar-refractivity contribution in [1.29, 1.82) is 0 Å². The second-order valence-corrected chi connectivity index (χ2v) is 7.91. The van der Waals surface area contributed by atoms with Crippen LogP contribution in [0.15, 0.2) is 53.5 Å². The molecule has 160 valence electrons. The summed E-state index contributed by atoms with van der Waals surface area (Å²) < 4.78 is 53.6. The van der Waals surface area contributed by atoms with Gasteiger partial charge in [0.25, 0.3) is 0 Å². The van der Waals surface area contributed by atoms with Gasteiger partial charge in [0.05, 0.1) is 12.3 Å². The van der Waals surface area contributed by atoms with Gasteiger partial charge in [-0.1, -0.05) is 30.3 Å². The molecule has 0 bridgehead atoms. The lowest BCUT2D eigenvalue weighted by molar-refractivity contribution is 0.579. The molecule has 0 aliphatic rings. The van der Waals surface area contributed by atoms with Crippen LogP contribution in [0.4, 0.5) is 8.78 Å². The fourth-order valence-corrected chi connectivity index (χ4v) is 3.24. The largest absolute Gasteiger partial charge is 0.357 e. The van der Waals surface area contributed by atoms with E-state index in [9.17, 15) is 17.2 Å². The molecule has 2 rings (SSSR count). The van der Waals surface area contributed by atoms with Gasteiger partial charge in [-0.25, -0.2) is 26.9 Å². The van der Waals surface area contributed by atoms with Crippen LogP contribution in [-0.2, 0) is 23.1 Å². The summed E-state index contributed by atoms with van der Waals surface area (Å²) in [6.45, 7) is 2.64. The SMILES string of the molecule is CCNC(=NCc1cc(F)ccc1F)NCCS(=O)(=O)NCc1ccccc1.I. The zero-order valence-corrected chi connectivity index (χ0v) is 19.1. The Morgan fingerprint density at radius 2 is 1.79 bits per heavy atom. The number of sulfonamides is 1. The van der Waals surface area contributed by atoms with Crippen LogP contribution in [0.1, 0.15) is 18.1 Å². The molecule has 0 radical (unpaired) electrons. The molecule has 0 amide bonds. The highest BCUT2D eigenvalue weighted by molar-refractivity contribution is 14.0. The van der Waals surface area contributed by atoms with Gasteiger partial charge in [-0.15, -0.1) is 24.0 Å². The molecule has 0 atom stereocenters. The molecule has 0 spiro atoms. The van der Waals surface area contributed by atoms with E-state index < -0.39 is 21.7 Å². The Labute approximate surface area is 187 Å². The maximum absolute atomic E-state index is 13.7. The summed E-state index contributed by atoms with van der Waals surface area (Å²) in [5.41, 5.74) is 0.986. The molecular weight excluding hydrogens is 513 g/mol. The average molecular weight is 538 g/mol. The predicted octanol–water partition coefficient (Wildman–Crippen LogP) is 2.76. The van der Waals surface area contributed by atoms with Crippen molar-refractivity contribution >= 4 is 40.0 Å². The number of hydrogen-bond acceptors (Lipinski definition) is 3. The highest BCUT2D eigenvalue weighted by Gasteiger charge is 2.10. The average Bonchev–Trinajstić information content (AvgIpc) is 2.68. The molecule has 3 N–H and O–H groups in total. The number of benzene rings is 2. The van der Waals surface area contributed by atoms with Gasteiger partial charge >= 0.3 is 0 Å². The number of aliphatic imine (C=N–C) groups is 1. The van der Waals surface area contributed by atoms with Gasteiger partial charge in [-0.2, -0.15) is 0 Å². The van der Waals surface area contributed by atoms with Crippen molar-refractivity contribution in [2.45, 2.75) is 20.0 Å². The normalized spacial score (nSPS) is 11.6. The lowest BCUT2D eigenvalue weighted by Crippen LogP contribution is -2.41. The quantitative estimate of drug-likeness (QED) is 0.261. The number of rotatable bonds is 9. The third-order valence-electron chi connectivity index (χ3n) is 3.76. The van der Waals surface area contributed by atoms with Crippen LogP contribution in [-0.4, -0.2) is 33.2 Å². The summed E-state index contributed by atoms with van der Waals surface area (Å²) in [5, 5.41) is 5.82. The van der Waals surface area contributed by atoms with Crippen molar-refractivity contribution in [3.05, 3.63) is 71.3 Å². The molecule has 29 heavy (non-hydrogen) atoms. The molecule has 2 aromatic rings. The minimum absolute atomic E-state index is 0. The standard InChI is InChI=1S/C19H24F2N4O2S.HI/c1-2-22-19(24-14-16-12-17(20)8-9-18(16)21)23-10-11-28(26,27)25-13-15-6-4-3-5-7-15;/h3-9,12,25H,2,10-11,13-14H2,1H3,(H2,22,23,24);1H. The molecule has 0 aliphatic carbocycles. The monoisotopic (exact) mass is 538 g/mol. The first-order chi connectivity index (χ1) is 13.4. The van der Waals surface area contributed by atoms with Crippen LogP contribution in [0.5, 0.6) is 0 Å². The Morgan fingerprint density at radius 3 is 2.48 bits per heavy atom. The van der Waals surface area contributed by atoms with Crippen molar-refractivity contribution < 1.29 is 17.2 Å². The van der Waals surface area contributed by atoms with Gasteiger partial charge in [0, 0.05) is 25.2 Å². The second kappa shape index (κ2) is 12.7. The van der Waals surface area contributed by atoms with E-state index in [1.165, 1.54) is 0 Å². The van der Waals surface area contributed by atoms with Crippen LogP contribution in [0.3, 0.4) is 0 Å². The smallest absolute Gasteiger partial charge is 0.213 e. The van der Waals surface area contributed by atoms with Crippen molar-refractivity contribution in [1.82, 2.24) is 15.4 Å². The lowest BCUT2D eigenvalue weighted by Gasteiger charge is -2.12. The van der Waals surface area contributed by atoms with E-state index in [0.29, 0.717) is 12.5 Å². The summed E-state index contributed by atoms with van der Waals surface area (Å²) in [5.74, 6) is -0.920. The van der Waals surface area contributed by atoms with E-state index >= 15 is 0 Å². The van der Waals surface area contributed by atoms with Crippen LogP contribution in [0.25, 0.3) is 0 Å². The summed E-state index contributed by atoms with van der Waals surface area (Å²) in [6, 6.07) is 12.4. The second-order valence-electron chi connectivity index (χ2n) is 5.98. The summed E-state index contributed by atoms with van der Waals surface area (Å²) >= 11 is 0. The van der Waals surface area contributed by atoms with Gasteiger partial charge < -0.3 is 10.6 Å². The Hall–Kier alpha value is -1.79. The number of nitrogens with zero attached hydrogens (tertiary/aromatic N) is 1. The van der Waals surface area contributed by atoms with Gasteiger partial charge in [-0.3, -0.25) is 0 Å². The van der Waals surface area contributed by atoms with Crippen molar-refractivity contribution in [3.8, 4) is 0 Å². The molecule has 6 nitrogen and oxygen atoms in total. The number of guanidine groups is 1. The van der Waals surface area contributed by atoms with Gasteiger partial charge in [0.1, 0.15) is 11.6 Å². The zero-order chi connectivity index (χ0) is 20.4. The lowest BCUT2D eigenvalue weighted by atomic mass is 10.2. The van der Waals surface area contributed by atoms with E-state index in [2.05, 4.69) is 20.3 Å². The molecule has 0 aromatic heterocycles. The molecule has 0 unspecified atom stereocenters. The molecule has 0 aliphatic heterocycles. The fraction of sp³-hybridized carbons (Fsp3) is 0.316. The van der Waals surface area contributed by atoms with E-state index in [-0.39, 0.29) is 54.9 Å². The van der Waals surface area contributed by atoms with Gasteiger partial charge in [-0.05, 0) is 30.7 Å². The first-order valence-electron chi connectivity index (χ1n) is 8.87. The molecular formula is C19H25F2IN4O2S. The molecule has 0 fully saturated rings. The number of nitrogens with one attached hydrogen (secondary N) is 3. The topological polar surface area (TPSA) is 82.6 Å². The molecule has 10 heteroatoms. The molecule has 0 saturated carbocycles. The zero-order valence-electron chi connectivity index (χ0n) is 16.0. The molecule has 0 saturated heterocycles. The van der Waals surface area contributed by atoms with Gasteiger partial charge in [0.2, 0.25) is 10.0 Å². The van der Waals surface area contributed by atoms with E-state index in [0.717, 1.165) is 23.8 Å². The van der Waals surface area contributed by atoms with Crippen LogP contribution < -0.4 is 15.4 Å². The maximum atomic E-state index is 13.7. The highest BCUT2D eigenvalue weighted by atomic mass is 127. The summed E-state index contributed by atoms with van der Waals surface area (Å²) in [4.78, 5) is 4.17. The third kappa shape index (κ3) is 9.50.